The van der Waals surface area contributed by atoms with Gasteiger partial charge >= 0.3 is 0 Å². The Balaban J connectivity index is 2.88. The second kappa shape index (κ2) is 5.38. The first-order chi connectivity index (χ1) is 7.92. The SMILES string of the molecule is CCC(C)(OC)C(=O)Nc1ccc(Cl)cc1N. The Kier molecular flexibility index (Phi) is 4.37. The van der Waals surface area contributed by atoms with Crippen LogP contribution in [0.5, 0.6) is 0 Å². The summed E-state index contributed by atoms with van der Waals surface area (Å²) in [5.41, 5.74) is 5.87. The number of carbonyl (C=O) groups excluding carboxylic acids is 1. The Morgan fingerprint density at radius 2 is 2.24 bits per heavy atom. The number of hydrogen-bond donors (Lipinski definition) is 2. The minimum Gasteiger partial charge on any atom is -0.397 e. The van der Waals surface area contributed by atoms with Crippen LogP contribution in [0.25, 0.3) is 0 Å². The summed E-state index contributed by atoms with van der Waals surface area (Å²) in [7, 11) is 1.51. The van der Waals surface area contributed by atoms with Gasteiger partial charge in [0, 0.05) is 12.1 Å². The van der Waals surface area contributed by atoms with Crippen molar-refractivity contribution in [2.45, 2.75) is 25.9 Å². The maximum Gasteiger partial charge on any atom is 0.256 e. The topological polar surface area (TPSA) is 64.3 Å². The van der Waals surface area contributed by atoms with Gasteiger partial charge in [-0.1, -0.05) is 18.5 Å². The van der Waals surface area contributed by atoms with Crippen LogP contribution in [-0.4, -0.2) is 18.6 Å². The van der Waals surface area contributed by atoms with E-state index in [-0.39, 0.29) is 5.91 Å². The average Bonchev–Trinajstić information content (AvgIpc) is 2.31. The van der Waals surface area contributed by atoms with E-state index < -0.39 is 5.60 Å². The summed E-state index contributed by atoms with van der Waals surface area (Å²) in [6, 6.07) is 4.93. The number of benzene rings is 1. The maximum absolute atomic E-state index is 12.0. The standard InChI is InChI=1S/C12H17ClN2O2/c1-4-12(2,17-3)11(16)15-10-6-5-8(13)7-9(10)14/h5-7H,4,14H2,1-3H3,(H,15,16). The molecule has 0 aliphatic heterocycles. The number of nitrogen functional groups attached to an aromatic ring is 1. The van der Waals surface area contributed by atoms with Crippen molar-refractivity contribution in [3.63, 3.8) is 0 Å². The smallest absolute Gasteiger partial charge is 0.256 e. The first-order valence-electron chi connectivity index (χ1n) is 5.34. The van der Waals surface area contributed by atoms with Gasteiger partial charge < -0.3 is 15.8 Å². The Morgan fingerprint density at radius 3 is 2.71 bits per heavy atom. The van der Waals surface area contributed by atoms with E-state index >= 15 is 0 Å². The van der Waals surface area contributed by atoms with Gasteiger partial charge in [-0.05, 0) is 31.5 Å². The van der Waals surface area contributed by atoms with E-state index in [1.165, 1.54) is 7.11 Å². The van der Waals surface area contributed by atoms with Crippen LogP contribution in [0.1, 0.15) is 20.3 Å². The van der Waals surface area contributed by atoms with Crippen LogP contribution in [0.15, 0.2) is 18.2 Å². The van der Waals surface area contributed by atoms with Gasteiger partial charge in [-0.2, -0.15) is 0 Å². The van der Waals surface area contributed by atoms with Gasteiger partial charge in [0.25, 0.3) is 5.91 Å². The van der Waals surface area contributed by atoms with Crippen LogP contribution in [0, 0.1) is 0 Å². The number of nitrogens with two attached hydrogens (primary N) is 1. The van der Waals surface area contributed by atoms with Crippen molar-refractivity contribution in [1.82, 2.24) is 0 Å². The van der Waals surface area contributed by atoms with Crippen molar-refractivity contribution in [1.29, 1.82) is 0 Å². The second-order valence-electron chi connectivity index (χ2n) is 3.97. The molecule has 0 spiro atoms. The fourth-order valence-corrected chi connectivity index (χ4v) is 1.48. The third kappa shape index (κ3) is 3.11. The minimum absolute atomic E-state index is 0.225. The predicted octanol–water partition coefficient (Wildman–Crippen LogP) is 2.68. The molecule has 17 heavy (non-hydrogen) atoms. The molecule has 5 heteroatoms. The first kappa shape index (κ1) is 13.8. The van der Waals surface area contributed by atoms with Crippen molar-refractivity contribution in [3.8, 4) is 0 Å². The number of anilines is 2. The van der Waals surface area contributed by atoms with Crippen LogP contribution >= 0.6 is 11.6 Å². The highest BCUT2D eigenvalue weighted by Crippen LogP contribution is 2.24. The third-order valence-corrected chi connectivity index (χ3v) is 3.10. The van der Waals surface area contributed by atoms with Crippen molar-refractivity contribution >= 4 is 28.9 Å². The largest absolute Gasteiger partial charge is 0.397 e. The molecule has 0 fully saturated rings. The van der Waals surface area contributed by atoms with Crippen LogP contribution in [0.3, 0.4) is 0 Å². The summed E-state index contributed by atoms with van der Waals surface area (Å²) in [6.07, 6.45) is 0.572. The summed E-state index contributed by atoms with van der Waals surface area (Å²) in [6.45, 7) is 3.61. The summed E-state index contributed by atoms with van der Waals surface area (Å²) < 4.78 is 5.21. The van der Waals surface area contributed by atoms with Gasteiger partial charge in [0.1, 0.15) is 5.60 Å². The molecule has 0 aliphatic rings. The van der Waals surface area contributed by atoms with E-state index in [2.05, 4.69) is 5.32 Å². The van der Waals surface area contributed by atoms with E-state index in [0.717, 1.165) is 0 Å². The van der Waals surface area contributed by atoms with Gasteiger partial charge in [-0.3, -0.25) is 4.79 Å². The van der Waals surface area contributed by atoms with Gasteiger partial charge in [-0.15, -0.1) is 0 Å². The number of hydrogen-bond acceptors (Lipinski definition) is 3. The summed E-state index contributed by atoms with van der Waals surface area (Å²) in [5, 5.41) is 3.27. The number of nitrogens with one attached hydrogen (secondary N) is 1. The predicted molar refractivity (Wildman–Crippen MR) is 70.2 cm³/mol. The van der Waals surface area contributed by atoms with Crippen molar-refractivity contribution in [2.24, 2.45) is 0 Å². The average molecular weight is 257 g/mol. The molecular weight excluding hydrogens is 240 g/mol. The Bertz CT molecular complexity index is 417. The van der Waals surface area contributed by atoms with Crippen LogP contribution in [0.4, 0.5) is 11.4 Å². The maximum atomic E-state index is 12.0. The molecule has 0 saturated carbocycles. The zero-order valence-electron chi connectivity index (χ0n) is 10.2. The highest BCUT2D eigenvalue weighted by Gasteiger charge is 2.31. The van der Waals surface area contributed by atoms with Crippen molar-refractivity contribution in [2.75, 3.05) is 18.2 Å². The highest BCUT2D eigenvalue weighted by atomic mass is 35.5. The molecule has 4 nitrogen and oxygen atoms in total. The molecule has 3 N–H and O–H groups in total. The molecule has 0 aliphatic carbocycles. The Hall–Kier alpha value is -1.26. The highest BCUT2D eigenvalue weighted by molar-refractivity contribution is 6.31. The van der Waals surface area contributed by atoms with Gasteiger partial charge in [0.15, 0.2) is 0 Å². The fraction of sp³-hybridized carbons (Fsp3) is 0.417. The van der Waals surface area contributed by atoms with E-state index in [0.29, 0.717) is 22.8 Å². The molecule has 1 aromatic carbocycles. The van der Waals surface area contributed by atoms with Crippen LogP contribution < -0.4 is 11.1 Å². The van der Waals surface area contributed by atoms with E-state index in [1.807, 2.05) is 6.92 Å². The van der Waals surface area contributed by atoms with E-state index in [4.69, 9.17) is 22.1 Å². The number of methoxy groups -OCH3 is 1. The normalized spacial score (nSPS) is 14.1. The fourth-order valence-electron chi connectivity index (χ4n) is 1.30. The molecule has 0 bridgehead atoms. The van der Waals surface area contributed by atoms with E-state index in [9.17, 15) is 4.79 Å². The number of ether oxygens (including phenoxy) is 1. The zero-order valence-corrected chi connectivity index (χ0v) is 11.0. The molecule has 94 valence electrons. The second-order valence-corrected chi connectivity index (χ2v) is 4.41. The Morgan fingerprint density at radius 1 is 1.59 bits per heavy atom. The molecule has 0 radical (unpaired) electrons. The molecule has 1 aromatic rings. The quantitative estimate of drug-likeness (QED) is 0.814. The van der Waals surface area contributed by atoms with Crippen molar-refractivity contribution < 1.29 is 9.53 Å². The molecule has 0 aromatic heterocycles. The zero-order chi connectivity index (χ0) is 13.1. The van der Waals surface area contributed by atoms with Crippen LogP contribution in [-0.2, 0) is 9.53 Å². The van der Waals surface area contributed by atoms with Gasteiger partial charge in [0.2, 0.25) is 0 Å². The number of halogens is 1. The minimum atomic E-state index is -0.855. The lowest BCUT2D eigenvalue weighted by Gasteiger charge is -2.25. The lowest BCUT2D eigenvalue weighted by Crippen LogP contribution is -2.41. The molecule has 0 heterocycles. The van der Waals surface area contributed by atoms with Crippen molar-refractivity contribution in [3.05, 3.63) is 23.2 Å². The molecule has 1 atom stereocenters. The summed E-state index contributed by atoms with van der Waals surface area (Å²) in [5.74, 6) is -0.225. The molecule has 1 amide bonds. The van der Waals surface area contributed by atoms with E-state index in [1.54, 1.807) is 25.1 Å². The van der Waals surface area contributed by atoms with Gasteiger partial charge in [-0.25, -0.2) is 0 Å². The first-order valence-corrected chi connectivity index (χ1v) is 5.72. The number of amides is 1. The monoisotopic (exact) mass is 256 g/mol. The van der Waals surface area contributed by atoms with Crippen LogP contribution in [0.2, 0.25) is 5.02 Å². The molecule has 1 rings (SSSR count). The van der Waals surface area contributed by atoms with Gasteiger partial charge in [0.05, 0.1) is 11.4 Å². The lowest BCUT2D eigenvalue weighted by atomic mass is 10.0. The summed E-state index contributed by atoms with van der Waals surface area (Å²) in [4.78, 5) is 12.0. The third-order valence-electron chi connectivity index (χ3n) is 2.87. The molecule has 0 saturated heterocycles. The number of rotatable bonds is 4. The number of carbonyl (C=O) groups is 1. The molecule has 1 unspecified atom stereocenters. The summed E-state index contributed by atoms with van der Waals surface area (Å²) >= 11 is 5.78. The lowest BCUT2D eigenvalue weighted by molar-refractivity contribution is -0.136. The molecular formula is C12H17ClN2O2. The Labute approximate surface area is 106 Å².